The molecule has 3 nitrogen and oxygen atoms in total. The van der Waals surface area contributed by atoms with E-state index in [1.165, 1.54) is 10.4 Å². The van der Waals surface area contributed by atoms with Gasteiger partial charge in [0.2, 0.25) is 0 Å². The average molecular weight is 439 g/mol. The lowest BCUT2D eigenvalue weighted by Crippen LogP contribution is -2.21. The summed E-state index contributed by atoms with van der Waals surface area (Å²) in [5.41, 5.74) is 4.41. The predicted molar refractivity (Wildman–Crippen MR) is 117 cm³/mol. The Morgan fingerprint density at radius 3 is 2.63 bits per heavy atom. The molecule has 0 amide bonds. The van der Waals surface area contributed by atoms with Crippen molar-refractivity contribution in [1.82, 2.24) is 9.55 Å². The van der Waals surface area contributed by atoms with E-state index in [2.05, 4.69) is 59.0 Å². The summed E-state index contributed by atoms with van der Waals surface area (Å²) in [5.74, 6) is 0. The largest absolute Gasteiger partial charge is 0.294 e. The molecule has 0 atom stereocenters. The van der Waals surface area contributed by atoms with Crippen LogP contribution in [0.15, 0.2) is 64.1 Å². The van der Waals surface area contributed by atoms with Crippen molar-refractivity contribution >= 4 is 37.5 Å². The van der Waals surface area contributed by atoms with Crippen LogP contribution in [0.2, 0.25) is 0 Å². The van der Waals surface area contributed by atoms with E-state index in [1.807, 2.05) is 24.3 Å². The fourth-order valence-corrected chi connectivity index (χ4v) is 4.72. The molecule has 0 aliphatic heterocycles. The first-order valence-electron chi connectivity index (χ1n) is 8.89. The van der Waals surface area contributed by atoms with Crippen molar-refractivity contribution in [2.24, 2.45) is 0 Å². The van der Waals surface area contributed by atoms with Gasteiger partial charge in [-0.25, -0.2) is 4.98 Å². The highest BCUT2D eigenvalue weighted by atomic mass is 79.9. The molecule has 0 fully saturated rings. The lowest BCUT2D eigenvalue weighted by Gasteiger charge is -2.08. The number of rotatable bonds is 4. The predicted octanol–water partition coefficient (Wildman–Crippen LogP) is 5.81. The fraction of sp³-hybridized carbons (Fsp3) is 0.182. The van der Waals surface area contributed by atoms with Crippen LogP contribution in [-0.2, 0) is 13.0 Å². The zero-order chi connectivity index (χ0) is 19.0. The molecule has 0 spiro atoms. The first kappa shape index (κ1) is 18.1. The van der Waals surface area contributed by atoms with Gasteiger partial charge in [0.05, 0.1) is 18.3 Å². The van der Waals surface area contributed by atoms with E-state index in [0.29, 0.717) is 6.54 Å². The molecule has 2 aromatic heterocycles. The molecule has 4 rings (SSSR count). The van der Waals surface area contributed by atoms with Crippen LogP contribution in [0.1, 0.15) is 22.9 Å². The van der Waals surface area contributed by atoms with E-state index in [4.69, 9.17) is 0 Å². The Bertz CT molecular complexity index is 1180. The van der Waals surface area contributed by atoms with Crippen LogP contribution in [0.3, 0.4) is 0 Å². The van der Waals surface area contributed by atoms with Gasteiger partial charge in [-0.05, 0) is 36.6 Å². The maximum atomic E-state index is 13.3. The number of hydrogen-bond acceptors (Lipinski definition) is 3. The highest BCUT2D eigenvalue weighted by Crippen LogP contribution is 2.36. The summed E-state index contributed by atoms with van der Waals surface area (Å²) in [6.45, 7) is 4.71. The molecule has 0 saturated heterocycles. The van der Waals surface area contributed by atoms with Crippen molar-refractivity contribution in [2.75, 3.05) is 0 Å². The van der Waals surface area contributed by atoms with Crippen LogP contribution >= 0.6 is 27.3 Å². The number of hydrogen-bond donors (Lipinski definition) is 0. The van der Waals surface area contributed by atoms with Gasteiger partial charge in [0.25, 0.3) is 5.56 Å². The molecule has 0 bridgehead atoms. The second-order valence-corrected chi connectivity index (χ2v) is 8.61. The van der Waals surface area contributed by atoms with Crippen LogP contribution in [0.25, 0.3) is 21.3 Å². The van der Waals surface area contributed by atoms with Crippen molar-refractivity contribution in [3.05, 3.63) is 85.7 Å². The molecule has 0 aliphatic carbocycles. The molecule has 2 heterocycles. The van der Waals surface area contributed by atoms with Crippen LogP contribution in [0.4, 0.5) is 0 Å². The molecule has 0 radical (unpaired) electrons. The minimum absolute atomic E-state index is 0.0235. The lowest BCUT2D eigenvalue weighted by atomic mass is 10.0. The molecular weight excluding hydrogens is 420 g/mol. The van der Waals surface area contributed by atoms with Gasteiger partial charge in [-0.1, -0.05) is 64.8 Å². The number of aryl methyl sites for hydroxylation is 2. The Hall–Kier alpha value is -2.24. The molecule has 5 heteroatoms. The van der Waals surface area contributed by atoms with Crippen LogP contribution in [0, 0.1) is 6.92 Å². The van der Waals surface area contributed by atoms with E-state index in [-0.39, 0.29) is 5.56 Å². The van der Waals surface area contributed by atoms with E-state index in [1.54, 1.807) is 22.2 Å². The number of thiophene rings is 1. The first-order valence-corrected chi connectivity index (χ1v) is 10.5. The van der Waals surface area contributed by atoms with Crippen LogP contribution < -0.4 is 5.56 Å². The van der Waals surface area contributed by atoms with Gasteiger partial charge in [-0.15, -0.1) is 11.3 Å². The van der Waals surface area contributed by atoms with E-state index in [9.17, 15) is 4.79 Å². The fourth-order valence-electron chi connectivity index (χ4n) is 3.36. The Morgan fingerprint density at radius 2 is 1.93 bits per heavy atom. The third kappa shape index (κ3) is 3.49. The SMILES string of the molecule is CCc1sc2ncn(Cc3cccc(C)c3)c(=O)c2c1-c1ccc(Br)cc1. The normalized spacial score (nSPS) is 11.2. The number of nitrogens with zero attached hydrogens (tertiary/aromatic N) is 2. The molecule has 4 aromatic rings. The monoisotopic (exact) mass is 438 g/mol. The van der Waals surface area contributed by atoms with Crippen molar-refractivity contribution in [3.8, 4) is 11.1 Å². The van der Waals surface area contributed by atoms with Crippen molar-refractivity contribution in [1.29, 1.82) is 0 Å². The molecule has 27 heavy (non-hydrogen) atoms. The minimum atomic E-state index is 0.0235. The zero-order valence-electron chi connectivity index (χ0n) is 15.2. The Morgan fingerprint density at radius 1 is 1.15 bits per heavy atom. The number of halogens is 1. The van der Waals surface area contributed by atoms with Crippen molar-refractivity contribution in [3.63, 3.8) is 0 Å². The maximum absolute atomic E-state index is 13.3. The molecule has 0 saturated carbocycles. The average Bonchev–Trinajstić information content (AvgIpc) is 3.04. The van der Waals surface area contributed by atoms with Crippen LogP contribution in [0.5, 0.6) is 0 Å². The maximum Gasteiger partial charge on any atom is 0.263 e. The third-order valence-electron chi connectivity index (χ3n) is 4.64. The summed E-state index contributed by atoms with van der Waals surface area (Å²) in [5, 5.41) is 0.731. The molecule has 0 N–H and O–H groups in total. The van der Waals surface area contributed by atoms with E-state index >= 15 is 0 Å². The third-order valence-corrected chi connectivity index (χ3v) is 6.41. The van der Waals surface area contributed by atoms with Gasteiger partial charge < -0.3 is 0 Å². The van der Waals surface area contributed by atoms with Crippen molar-refractivity contribution < 1.29 is 0 Å². The molecular formula is C22H19BrN2OS. The second-order valence-electron chi connectivity index (χ2n) is 6.61. The highest BCUT2D eigenvalue weighted by molar-refractivity contribution is 9.10. The summed E-state index contributed by atoms with van der Waals surface area (Å²) >= 11 is 5.11. The topological polar surface area (TPSA) is 34.9 Å². The number of fused-ring (bicyclic) bond motifs is 1. The number of aromatic nitrogens is 2. The Balaban J connectivity index is 1.90. The quantitative estimate of drug-likeness (QED) is 0.403. The summed E-state index contributed by atoms with van der Waals surface area (Å²) in [6, 6.07) is 16.4. The van der Waals surface area contributed by atoms with Crippen molar-refractivity contribution in [2.45, 2.75) is 26.8 Å². The van der Waals surface area contributed by atoms with Gasteiger partial charge in [0.15, 0.2) is 0 Å². The summed E-state index contributed by atoms with van der Waals surface area (Å²) in [4.78, 5) is 19.9. The smallest absolute Gasteiger partial charge is 0.263 e. The van der Waals surface area contributed by atoms with E-state index < -0.39 is 0 Å². The number of benzene rings is 2. The van der Waals surface area contributed by atoms with Crippen LogP contribution in [-0.4, -0.2) is 9.55 Å². The van der Waals surface area contributed by atoms with E-state index in [0.717, 1.165) is 37.8 Å². The zero-order valence-corrected chi connectivity index (χ0v) is 17.6. The summed E-state index contributed by atoms with van der Waals surface area (Å²) in [6.07, 6.45) is 2.55. The van der Waals surface area contributed by atoms with Gasteiger partial charge in [0.1, 0.15) is 4.83 Å². The Kier molecular flexibility index (Phi) is 4.98. The highest BCUT2D eigenvalue weighted by Gasteiger charge is 2.18. The minimum Gasteiger partial charge on any atom is -0.294 e. The molecule has 2 aromatic carbocycles. The van der Waals surface area contributed by atoms with Gasteiger partial charge in [-0.3, -0.25) is 9.36 Å². The molecule has 136 valence electrons. The molecule has 0 unspecified atom stereocenters. The second kappa shape index (κ2) is 7.41. The van der Waals surface area contributed by atoms with Gasteiger partial charge in [0, 0.05) is 14.9 Å². The first-order chi connectivity index (χ1) is 13.1. The molecule has 0 aliphatic rings. The lowest BCUT2D eigenvalue weighted by molar-refractivity contribution is 0.749. The Labute approximate surface area is 170 Å². The standard InChI is InChI=1S/C22H19BrN2OS/c1-3-18-19(16-7-9-17(23)10-8-16)20-21(27-18)24-13-25(22(20)26)12-15-6-4-5-14(2)11-15/h4-11,13H,3,12H2,1-2H3. The summed E-state index contributed by atoms with van der Waals surface area (Å²) in [7, 11) is 0. The summed E-state index contributed by atoms with van der Waals surface area (Å²) < 4.78 is 2.74. The van der Waals surface area contributed by atoms with Gasteiger partial charge >= 0.3 is 0 Å². The van der Waals surface area contributed by atoms with Gasteiger partial charge in [-0.2, -0.15) is 0 Å².